The minimum atomic E-state index is -0.0856. The molecule has 0 radical (unpaired) electrons. The number of rotatable bonds is 3. The number of hydrogen-bond donors (Lipinski definition) is 1. The van der Waals surface area contributed by atoms with Gasteiger partial charge in [-0.1, -0.05) is 30.7 Å². The van der Waals surface area contributed by atoms with Crippen LogP contribution in [0, 0.1) is 0 Å². The zero-order valence-corrected chi connectivity index (χ0v) is 10.7. The van der Waals surface area contributed by atoms with Crippen LogP contribution in [0.15, 0.2) is 36.5 Å². The summed E-state index contributed by atoms with van der Waals surface area (Å²) in [6.07, 6.45) is 5.81. The summed E-state index contributed by atoms with van der Waals surface area (Å²) in [5.41, 5.74) is 10.0. The Morgan fingerprint density at radius 3 is 2.78 bits per heavy atom. The molecule has 1 fully saturated rings. The Morgan fingerprint density at radius 1 is 1.33 bits per heavy atom. The summed E-state index contributed by atoms with van der Waals surface area (Å²) in [6.45, 7) is 0. The van der Waals surface area contributed by atoms with E-state index >= 15 is 0 Å². The van der Waals surface area contributed by atoms with Gasteiger partial charge in [0.15, 0.2) is 0 Å². The molecule has 3 nitrogen and oxygen atoms in total. The first kappa shape index (κ1) is 11.5. The van der Waals surface area contributed by atoms with E-state index in [0.29, 0.717) is 0 Å². The number of nitrogens with two attached hydrogens (primary N) is 1. The van der Waals surface area contributed by atoms with Gasteiger partial charge >= 0.3 is 0 Å². The first-order chi connectivity index (χ1) is 8.75. The standard InChI is InChI=1S/C15H19N3/c1-18-14(8-9-17-18)15(16)13-7-3-6-12(10-13)11-4-2-5-11/h3,6-11,15H,2,4-5,16H2,1H3. The molecule has 0 amide bonds. The second-order valence-electron chi connectivity index (χ2n) is 5.16. The maximum Gasteiger partial charge on any atom is 0.0723 e. The lowest BCUT2D eigenvalue weighted by Crippen LogP contribution is -2.17. The van der Waals surface area contributed by atoms with Gasteiger partial charge in [0.25, 0.3) is 0 Å². The van der Waals surface area contributed by atoms with E-state index in [-0.39, 0.29) is 6.04 Å². The van der Waals surface area contributed by atoms with E-state index in [4.69, 9.17) is 5.73 Å². The average molecular weight is 241 g/mol. The minimum Gasteiger partial charge on any atom is -0.319 e. The van der Waals surface area contributed by atoms with Gasteiger partial charge in [0, 0.05) is 13.2 Å². The highest BCUT2D eigenvalue weighted by atomic mass is 15.3. The topological polar surface area (TPSA) is 43.8 Å². The quantitative estimate of drug-likeness (QED) is 0.898. The Balaban J connectivity index is 1.89. The van der Waals surface area contributed by atoms with Crippen LogP contribution < -0.4 is 5.73 Å². The minimum absolute atomic E-state index is 0.0856. The summed E-state index contributed by atoms with van der Waals surface area (Å²) in [4.78, 5) is 0. The van der Waals surface area contributed by atoms with Crippen LogP contribution in [0.2, 0.25) is 0 Å². The van der Waals surface area contributed by atoms with Gasteiger partial charge in [-0.3, -0.25) is 4.68 Å². The lowest BCUT2D eigenvalue weighted by molar-refractivity contribution is 0.419. The van der Waals surface area contributed by atoms with E-state index in [1.165, 1.54) is 30.4 Å². The van der Waals surface area contributed by atoms with Crippen molar-refractivity contribution in [3.8, 4) is 0 Å². The second kappa shape index (κ2) is 4.58. The van der Waals surface area contributed by atoms with E-state index in [1.807, 2.05) is 17.8 Å². The molecule has 3 heteroatoms. The summed E-state index contributed by atoms with van der Waals surface area (Å²) in [5.74, 6) is 0.753. The molecular weight excluding hydrogens is 222 g/mol. The van der Waals surface area contributed by atoms with Crippen molar-refractivity contribution >= 4 is 0 Å². The number of aryl methyl sites for hydroxylation is 1. The van der Waals surface area contributed by atoms with Gasteiger partial charge in [-0.2, -0.15) is 5.10 Å². The Morgan fingerprint density at radius 2 is 2.17 bits per heavy atom. The summed E-state index contributed by atoms with van der Waals surface area (Å²) in [5, 5.41) is 4.18. The van der Waals surface area contributed by atoms with Gasteiger partial charge in [-0.05, 0) is 36.0 Å². The Hall–Kier alpha value is -1.61. The first-order valence-electron chi connectivity index (χ1n) is 6.59. The van der Waals surface area contributed by atoms with Gasteiger partial charge in [0.1, 0.15) is 0 Å². The van der Waals surface area contributed by atoms with E-state index in [2.05, 4.69) is 29.4 Å². The molecule has 0 saturated heterocycles. The highest BCUT2D eigenvalue weighted by molar-refractivity contribution is 5.33. The van der Waals surface area contributed by atoms with Crippen molar-refractivity contribution in [2.75, 3.05) is 0 Å². The fourth-order valence-electron chi connectivity index (χ4n) is 2.61. The zero-order valence-electron chi connectivity index (χ0n) is 10.7. The summed E-state index contributed by atoms with van der Waals surface area (Å²) >= 11 is 0. The maximum atomic E-state index is 6.33. The number of hydrogen-bond acceptors (Lipinski definition) is 2. The molecule has 1 atom stereocenters. The van der Waals surface area contributed by atoms with E-state index in [1.54, 1.807) is 6.20 Å². The van der Waals surface area contributed by atoms with E-state index in [9.17, 15) is 0 Å². The zero-order chi connectivity index (χ0) is 12.5. The molecule has 18 heavy (non-hydrogen) atoms. The molecule has 1 unspecified atom stereocenters. The second-order valence-corrected chi connectivity index (χ2v) is 5.16. The van der Waals surface area contributed by atoms with Crippen LogP contribution in [-0.4, -0.2) is 9.78 Å². The molecule has 2 N–H and O–H groups in total. The Bertz CT molecular complexity index is 540. The van der Waals surface area contributed by atoms with Crippen molar-refractivity contribution in [3.63, 3.8) is 0 Å². The maximum absolute atomic E-state index is 6.33. The van der Waals surface area contributed by atoms with Gasteiger partial charge in [-0.15, -0.1) is 0 Å². The molecule has 1 saturated carbocycles. The van der Waals surface area contributed by atoms with Crippen molar-refractivity contribution in [1.29, 1.82) is 0 Å². The fraction of sp³-hybridized carbons (Fsp3) is 0.400. The van der Waals surface area contributed by atoms with Crippen LogP contribution in [0.4, 0.5) is 0 Å². The molecular formula is C15H19N3. The molecule has 1 aromatic carbocycles. The predicted molar refractivity (Wildman–Crippen MR) is 72.3 cm³/mol. The summed E-state index contributed by atoms with van der Waals surface area (Å²) < 4.78 is 1.85. The SMILES string of the molecule is Cn1nccc1C(N)c1cccc(C2CCC2)c1. The third-order valence-electron chi connectivity index (χ3n) is 4.02. The first-order valence-corrected chi connectivity index (χ1v) is 6.59. The van der Waals surface area contributed by atoms with Crippen LogP contribution >= 0.6 is 0 Å². The number of benzene rings is 1. The fourth-order valence-corrected chi connectivity index (χ4v) is 2.61. The smallest absolute Gasteiger partial charge is 0.0723 e. The normalized spacial score (nSPS) is 17.4. The van der Waals surface area contributed by atoms with E-state index < -0.39 is 0 Å². The molecule has 0 aliphatic heterocycles. The monoisotopic (exact) mass is 241 g/mol. The van der Waals surface area contributed by atoms with Crippen LogP contribution in [0.3, 0.4) is 0 Å². The summed E-state index contributed by atoms with van der Waals surface area (Å²) in [6, 6.07) is 10.6. The third kappa shape index (κ3) is 1.95. The van der Waals surface area contributed by atoms with Crippen molar-refractivity contribution in [3.05, 3.63) is 53.3 Å². The average Bonchev–Trinajstić information content (AvgIpc) is 2.73. The van der Waals surface area contributed by atoms with Crippen molar-refractivity contribution in [1.82, 2.24) is 9.78 Å². The number of nitrogens with zero attached hydrogens (tertiary/aromatic N) is 2. The third-order valence-corrected chi connectivity index (χ3v) is 4.02. The van der Waals surface area contributed by atoms with Crippen molar-refractivity contribution in [2.24, 2.45) is 12.8 Å². The predicted octanol–water partition coefficient (Wildman–Crippen LogP) is 2.74. The lowest BCUT2D eigenvalue weighted by atomic mass is 9.79. The van der Waals surface area contributed by atoms with E-state index in [0.717, 1.165) is 11.6 Å². The molecule has 94 valence electrons. The molecule has 1 heterocycles. The van der Waals surface area contributed by atoms with Gasteiger partial charge in [0.2, 0.25) is 0 Å². The van der Waals surface area contributed by atoms with Gasteiger partial charge in [0.05, 0.1) is 11.7 Å². The van der Waals surface area contributed by atoms with Gasteiger partial charge in [-0.25, -0.2) is 0 Å². The molecule has 1 aliphatic rings. The Labute approximate surface area is 108 Å². The van der Waals surface area contributed by atoms with Crippen LogP contribution in [-0.2, 0) is 7.05 Å². The van der Waals surface area contributed by atoms with Crippen LogP contribution in [0.1, 0.15) is 48.0 Å². The van der Waals surface area contributed by atoms with Crippen LogP contribution in [0.5, 0.6) is 0 Å². The lowest BCUT2D eigenvalue weighted by Gasteiger charge is -2.26. The Kier molecular flexibility index (Phi) is 2.92. The largest absolute Gasteiger partial charge is 0.319 e. The van der Waals surface area contributed by atoms with Gasteiger partial charge < -0.3 is 5.73 Å². The van der Waals surface area contributed by atoms with Crippen LogP contribution in [0.25, 0.3) is 0 Å². The highest BCUT2D eigenvalue weighted by Gasteiger charge is 2.20. The molecule has 1 aromatic heterocycles. The highest BCUT2D eigenvalue weighted by Crippen LogP contribution is 2.37. The molecule has 0 bridgehead atoms. The molecule has 1 aliphatic carbocycles. The molecule has 3 rings (SSSR count). The summed E-state index contributed by atoms with van der Waals surface area (Å²) in [7, 11) is 1.94. The number of aromatic nitrogens is 2. The van der Waals surface area contributed by atoms with Crippen molar-refractivity contribution < 1.29 is 0 Å². The van der Waals surface area contributed by atoms with Crippen molar-refractivity contribution in [2.45, 2.75) is 31.2 Å². The molecule has 2 aromatic rings. The molecule has 0 spiro atoms.